The van der Waals surface area contributed by atoms with Gasteiger partial charge in [0.1, 0.15) is 5.82 Å². The molecule has 7 heteroatoms. The molecule has 1 aromatic carbocycles. The summed E-state index contributed by atoms with van der Waals surface area (Å²) in [7, 11) is 2.14. The van der Waals surface area contributed by atoms with Gasteiger partial charge in [-0.2, -0.15) is 0 Å². The molecule has 3 aromatic rings. The minimum Gasteiger partial charge on any atom is -0.353 e. The topological polar surface area (TPSA) is 65.8 Å². The number of aromatic nitrogens is 3. The van der Waals surface area contributed by atoms with Crippen molar-refractivity contribution in [2.45, 2.75) is 19.8 Å². The average molecular weight is 378 g/mol. The maximum atomic E-state index is 12.5. The lowest BCUT2D eigenvalue weighted by Gasteiger charge is -2.32. The molecular formula is C21H26N6O. The normalized spacial score (nSPS) is 15.1. The summed E-state index contributed by atoms with van der Waals surface area (Å²) in [4.78, 5) is 21.6. The summed E-state index contributed by atoms with van der Waals surface area (Å²) in [5, 5.41) is 7.54. The summed E-state index contributed by atoms with van der Waals surface area (Å²) < 4.78 is 1.73. The van der Waals surface area contributed by atoms with Gasteiger partial charge in [-0.3, -0.25) is 4.79 Å². The number of benzene rings is 1. The lowest BCUT2D eigenvalue weighted by Crippen LogP contribution is -2.44. The highest BCUT2D eigenvalue weighted by Gasteiger charge is 2.16. The first-order valence-corrected chi connectivity index (χ1v) is 9.82. The van der Waals surface area contributed by atoms with Gasteiger partial charge in [-0.25, -0.2) is 9.50 Å². The van der Waals surface area contributed by atoms with Crippen LogP contribution >= 0.6 is 0 Å². The van der Waals surface area contributed by atoms with Crippen LogP contribution in [0.25, 0.3) is 5.65 Å². The zero-order valence-electron chi connectivity index (χ0n) is 16.4. The molecule has 1 saturated heterocycles. The Bertz CT molecular complexity index is 957. The molecule has 1 aliphatic rings. The molecule has 146 valence electrons. The molecule has 1 amide bonds. The average Bonchev–Trinajstić information content (AvgIpc) is 3.10. The van der Waals surface area contributed by atoms with Crippen LogP contribution in [0.4, 0.5) is 11.6 Å². The van der Waals surface area contributed by atoms with Crippen molar-refractivity contribution in [1.82, 2.24) is 19.5 Å². The molecule has 4 rings (SSSR count). The maximum Gasteiger partial charge on any atom is 0.256 e. The highest BCUT2D eigenvalue weighted by atomic mass is 16.1. The van der Waals surface area contributed by atoms with Gasteiger partial charge in [0.25, 0.3) is 5.91 Å². The van der Waals surface area contributed by atoms with Crippen molar-refractivity contribution in [2.24, 2.45) is 0 Å². The number of imidazole rings is 1. The second-order valence-electron chi connectivity index (χ2n) is 7.31. The fourth-order valence-electron chi connectivity index (χ4n) is 3.44. The van der Waals surface area contributed by atoms with Crippen molar-refractivity contribution in [3.05, 3.63) is 53.7 Å². The predicted molar refractivity (Wildman–Crippen MR) is 111 cm³/mol. The summed E-state index contributed by atoms with van der Waals surface area (Å²) in [6, 6.07) is 11.7. The third kappa shape index (κ3) is 3.99. The van der Waals surface area contributed by atoms with E-state index in [1.165, 1.54) is 5.56 Å². The molecule has 0 spiro atoms. The van der Waals surface area contributed by atoms with E-state index in [4.69, 9.17) is 0 Å². The first-order valence-electron chi connectivity index (χ1n) is 9.82. The van der Waals surface area contributed by atoms with Crippen LogP contribution in [0.3, 0.4) is 0 Å². The molecular weight excluding hydrogens is 352 g/mol. The Morgan fingerprint density at radius 2 is 1.82 bits per heavy atom. The van der Waals surface area contributed by atoms with E-state index in [1.807, 2.05) is 36.4 Å². The van der Waals surface area contributed by atoms with Crippen LogP contribution in [0.2, 0.25) is 0 Å². The van der Waals surface area contributed by atoms with Crippen LogP contribution < -0.4 is 10.2 Å². The van der Waals surface area contributed by atoms with Gasteiger partial charge in [0.05, 0.1) is 6.20 Å². The maximum absolute atomic E-state index is 12.5. The van der Waals surface area contributed by atoms with Crippen molar-refractivity contribution < 1.29 is 4.79 Å². The van der Waals surface area contributed by atoms with Crippen molar-refractivity contribution in [3.8, 4) is 0 Å². The van der Waals surface area contributed by atoms with E-state index in [2.05, 4.69) is 39.2 Å². The summed E-state index contributed by atoms with van der Waals surface area (Å²) in [5.74, 6) is 1.28. The molecule has 0 radical (unpaired) electrons. The van der Waals surface area contributed by atoms with E-state index in [0.717, 1.165) is 44.8 Å². The van der Waals surface area contributed by atoms with Gasteiger partial charge >= 0.3 is 0 Å². The van der Waals surface area contributed by atoms with Crippen LogP contribution in [0, 0.1) is 0 Å². The largest absolute Gasteiger partial charge is 0.353 e. The fraction of sp³-hybridized carbons (Fsp3) is 0.381. The third-order valence-electron chi connectivity index (χ3n) is 5.13. The number of piperazine rings is 1. The summed E-state index contributed by atoms with van der Waals surface area (Å²) >= 11 is 0. The van der Waals surface area contributed by atoms with Gasteiger partial charge in [0.15, 0.2) is 11.5 Å². The summed E-state index contributed by atoms with van der Waals surface area (Å²) in [6.45, 7) is 6.12. The Morgan fingerprint density at radius 3 is 2.54 bits per heavy atom. The van der Waals surface area contributed by atoms with E-state index in [0.29, 0.717) is 17.0 Å². The lowest BCUT2D eigenvalue weighted by molar-refractivity contribution is 0.102. The van der Waals surface area contributed by atoms with Crippen molar-refractivity contribution in [1.29, 1.82) is 0 Å². The zero-order valence-corrected chi connectivity index (χ0v) is 16.4. The zero-order chi connectivity index (χ0) is 19.5. The Balaban J connectivity index is 1.47. The molecule has 3 heterocycles. The van der Waals surface area contributed by atoms with Gasteiger partial charge < -0.3 is 15.1 Å². The molecule has 1 aliphatic heterocycles. The van der Waals surface area contributed by atoms with E-state index >= 15 is 0 Å². The molecule has 0 bridgehead atoms. The smallest absolute Gasteiger partial charge is 0.256 e. The highest BCUT2D eigenvalue weighted by Crippen LogP contribution is 2.17. The number of rotatable bonds is 5. The number of carbonyl (C=O) groups is 1. The number of anilines is 2. The number of nitrogens with one attached hydrogen (secondary N) is 1. The van der Waals surface area contributed by atoms with Crippen LogP contribution in [0.5, 0.6) is 0 Å². The molecule has 0 saturated carbocycles. The van der Waals surface area contributed by atoms with Gasteiger partial charge in [0.2, 0.25) is 0 Å². The standard InChI is InChI=1S/C21H26N6O/c1-3-4-16-5-7-17(8-6-16)21(28)23-18-15-27-19(22-18)9-10-20(24-27)26-13-11-25(2)12-14-26/h5-10,15H,3-4,11-14H2,1-2H3,(H,23,28). The third-order valence-corrected chi connectivity index (χ3v) is 5.13. The molecule has 1 N–H and O–H groups in total. The Labute approximate surface area is 165 Å². The van der Waals surface area contributed by atoms with Crippen LogP contribution in [0.1, 0.15) is 29.3 Å². The number of carbonyl (C=O) groups excluding carboxylic acids is 1. The van der Waals surface area contributed by atoms with Gasteiger partial charge in [-0.1, -0.05) is 25.5 Å². The Kier molecular flexibility index (Phi) is 5.25. The highest BCUT2D eigenvalue weighted by molar-refractivity contribution is 6.03. The van der Waals surface area contributed by atoms with Crippen molar-refractivity contribution in [2.75, 3.05) is 43.4 Å². The Hall–Kier alpha value is -2.93. The first kappa shape index (κ1) is 18.4. The molecule has 0 unspecified atom stereocenters. The number of nitrogens with zero attached hydrogens (tertiary/aromatic N) is 5. The minimum atomic E-state index is -0.161. The monoisotopic (exact) mass is 378 g/mol. The first-order chi connectivity index (χ1) is 13.6. The number of hydrogen-bond donors (Lipinski definition) is 1. The SMILES string of the molecule is CCCc1ccc(C(=O)Nc2cn3nc(N4CCN(C)CC4)ccc3n2)cc1. The summed E-state index contributed by atoms with van der Waals surface area (Å²) in [6.07, 6.45) is 3.88. The van der Waals surface area contributed by atoms with Crippen LogP contribution in [-0.4, -0.2) is 58.6 Å². The van der Waals surface area contributed by atoms with E-state index in [1.54, 1.807) is 10.7 Å². The number of amides is 1. The number of likely N-dealkylation sites (N-methyl/N-ethyl adjacent to an activating group) is 1. The minimum absolute atomic E-state index is 0.161. The van der Waals surface area contributed by atoms with Crippen molar-refractivity contribution >= 4 is 23.2 Å². The lowest BCUT2D eigenvalue weighted by atomic mass is 10.1. The molecule has 7 nitrogen and oxygen atoms in total. The number of hydrogen-bond acceptors (Lipinski definition) is 5. The molecule has 0 aliphatic carbocycles. The predicted octanol–water partition coefficient (Wildman–Crippen LogP) is 2.69. The molecule has 28 heavy (non-hydrogen) atoms. The summed E-state index contributed by atoms with van der Waals surface area (Å²) in [5.41, 5.74) is 2.59. The molecule has 2 aromatic heterocycles. The molecule has 0 atom stereocenters. The number of fused-ring (bicyclic) bond motifs is 1. The second kappa shape index (κ2) is 7.98. The second-order valence-corrected chi connectivity index (χ2v) is 7.31. The Morgan fingerprint density at radius 1 is 1.07 bits per heavy atom. The quantitative estimate of drug-likeness (QED) is 0.739. The van der Waals surface area contributed by atoms with Crippen LogP contribution in [0.15, 0.2) is 42.6 Å². The van der Waals surface area contributed by atoms with Crippen LogP contribution in [-0.2, 0) is 6.42 Å². The number of aryl methyl sites for hydroxylation is 1. The van der Waals surface area contributed by atoms with Gasteiger partial charge in [-0.05, 0) is 43.3 Å². The van der Waals surface area contributed by atoms with E-state index in [-0.39, 0.29) is 5.91 Å². The van der Waals surface area contributed by atoms with E-state index < -0.39 is 0 Å². The fourth-order valence-corrected chi connectivity index (χ4v) is 3.44. The van der Waals surface area contributed by atoms with Gasteiger partial charge in [-0.15, -0.1) is 5.10 Å². The van der Waals surface area contributed by atoms with Crippen molar-refractivity contribution in [3.63, 3.8) is 0 Å². The van der Waals surface area contributed by atoms with Gasteiger partial charge in [0, 0.05) is 31.7 Å². The van der Waals surface area contributed by atoms with E-state index in [9.17, 15) is 4.79 Å². The molecule has 1 fully saturated rings.